The molecule has 94 valence electrons. The summed E-state index contributed by atoms with van der Waals surface area (Å²) in [5, 5.41) is 0. The molecule has 0 saturated carbocycles. The van der Waals surface area contributed by atoms with E-state index in [9.17, 15) is 17.3 Å². The molecule has 0 saturated heterocycles. The molecule has 0 heterocycles. The number of hydrogen-bond acceptors (Lipinski definition) is 0. The Morgan fingerprint density at radius 2 is 1.22 bits per heavy atom. The lowest BCUT2D eigenvalue weighted by molar-refractivity contribution is 0.368. The lowest BCUT2D eigenvalue weighted by Crippen LogP contribution is -2.02. The van der Waals surface area contributed by atoms with Gasteiger partial charge in [0.25, 0.3) is 0 Å². The molecule has 0 bridgehead atoms. The van der Waals surface area contributed by atoms with Crippen LogP contribution in [0.5, 0.6) is 0 Å². The second-order valence-corrected chi connectivity index (χ2v) is 4.87. The summed E-state index contributed by atoms with van der Waals surface area (Å²) in [7, 11) is -6.00. The Morgan fingerprint density at radius 1 is 0.722 bits per heavy atom. The molecule has 1 aliphatic rings. The number of fused-ring (bicyclic) bond motifs is 4. The van der Waals surface area contributed by atoms with E-state index >= 15 is 0 Å². The Morgan fingerprint density at radius 3 is 1.83 bits per heavy atom. The van der Waals surface area contributed by atoms with Crippen LogP contribution in [-0.4, -0.2) is 7.25 Å². The maximum atomic E-state index is 9.75. The monoisotopic (exact) mass is 365 g/mol. The van der Waals surface area contributed by atoms with Gasteiger partial charge < -0.3 is 17.3 Å². The molecule has 0 aliphatic heterocycles. The molecule has 0 N–H and O–H groups in total. The second kappa shape index (κ2) is 4.91. The number of hydrogen-bond donors (Lipinski definition) is 0. The number of benzene rings is 2. The summed E-state index contributed by atoms with van der Waals surface area (Å²) >= 11 is 2.40. The minimum absolute atomic E-state index is 1.36. The van der Waals surface area contributed by atoms with Crippen molar-refractivity contribution < 1.29 is 17.3 Å². The van der Waals surface area contributed by atoms with Gasteiger partial charge in [0.2, 0.25) is 0 Å². The van der Waals surface area contributed by atoms with Crippen LogP contribution in [0.2, 0.25) is 0 Å². The maximum absolute atomic E-state index is 9.75. The third kappa shape index (κ3) is 2.85. The van der Waals surface area contributed by atoms with Gasteiger partial charge in [-0.15, -0.1) is 0 Å². The van der Waals surface area contributed by atoms with Gasteiger partial charge in [-0.05, 0) is 45.3 Å². The van der Waals surface area contributed by atoms with Crippen LogP contribution in [0.25, 0.3) is 22.3 Å². The summed E-state index contributed by atoms with van der Waals surface area (Å²) in [6.07, 6.45) is 0. The van der Waals surface area contributed by atoms with Crippen molar-refractivity contribution in [2.24, 2.45) is 0 Å². The zero-order valence-electron chi connectivity index (χ0n) is 9.01. The highest BCUT2D eigenvalue weighted by atomic mass is 127. The Balaban J connectivity index is 0.000000209. The molecule has 2 aromatic rings. The molecule has 0 unspecified atom stereocenters. The zero-order chi connectivity index (χ0) is 13.3. The van der Waals surface area contributed by atoms with Crippen LogP contribution in [0.4, 0.5) is 17.3 Å². The second-order valence-electron chi connectivity index (χ2n) is 3.70. The quantitative estimate of drug-likeness (QED) is 0.291. The van der Waals surface area contributed by atoms with Crippen molar-refractivity contribution in [3.05, 3.63) is 46.0 Å². The third-order valence-electron chi connectivity index (χ3n) is 2.50. The molecule has 2 aromatic carbocycles. The molecular formula is C12H7BF4I-. The highest BCUT2D eigenvalue weighted by Crippen LogP contribution is 2.48. The Labute approximate surface area is 115 Å². The van der Waals surface area contributed by atoms with Crippen LogP contribution in [0.3, 0.4) is 0 Å². The maximum Gasteiger partial charge on any atom is 0.673 e. The van der Waals surface area contributed by atoms with E-state index in [1.807, 2.05) is 0 Å². The molecule has 0 amide bonds. The largest absolute Gasteiger partial charge is 0.673 e. The number of halogens is 5. The SMILES string of the molecule is F[B-](F)(F)F.Ic1cccc2c1-c1ccccc1-2. The van der Waals surface area contributed by atoms with Crippen LogP contribution in [-0.2, 0) is 0 Å². The van der Waals surface area contributed by atoms with Gasteiger partial charge in [-0.2, -0.15) is 0 Å². The van der Waals surface area contributed by atoms with E-state index in [1.165, 1.54) is 25.8 Å². The molecule has 0 aromatic heterocycles. The van der Waals surface area contributed by atoms with Gasteiger partial charge in [-0.1, -0.05) is 36.4 Å². The summed E-state index contributed by atoms with van der Waals surface area (Å²) < 4.78 is 40.4. The average molecular weight is 365 g/mol. The average Bonchev–Trinajstić information content (AvgIpc) is 2.23. The van der Waals surface area contributed by atoms with Crippen molar-refractivity contribution >= 4 is 29.8 Å². The van der Waals surface area contributed by atoms with Crippen molar-refractivity contribution in [3.8, 4) is 22.3 Å². The van der Waals surface area contributed by atoms with Crippen molar-refractivity contribution in [1.29, 1.82) is 0 Å². The molecule has 18 heavy (non-hydrogen) atoms. The number of rotatable bonds is 0. The molecule has 0 atom stereocenters. The van der Waals surface area contributed by atoms with Crippen LogP contribution >= 0.6 is 22.6 Å². The van der Waals surface area contributed by atoms with Crippen LogP contribution in [0.1, 0.15) is 0 Å². The molecule has 0 radical (unpaired) electrons. The minimum Gasteiger partial charge on any atom is -0.418 e. The first kappa shape index (κ1) is 13.4. The first-order chi connectivity index (χ1) is 8.38. The predicted octanol–water partition coefficient (Wildman–Crippen LogP) is 5.24. The lowest BCUT2D eigenvalue weighted by Gasteiger charge is -2.24. The van der Waals surface area contributed by atoms with Gasteiger partial charge in [0.15, 0.2) is 0 Å². The van der Waals surface area contributed by atoms with Crippen LogP contribution in [0, 0.1) is 3.57 Å². The van der Waals surface area contributed by atoms with Crippen molar-refractivity contribution in [2.75, 3.05) is 0 Å². The van der Waals surface area contributed by atoms with Crippen LogP contribution in [0.15, 0.2) is 42.5 Å². The van der Waals surface area contributed by atoms with E-state index in [1.54, 1.807) is 0 Å². The molecule has 0 nitrogen and oxygen atoms in total. The molecule has 3 rings (SSSR count). The molecule has 0 fully saturated rings. The fraction of sp³-hybridized carbons (Fsp3) is 0. The van der Waals surface area contributed by atoms with Gasteiger partial charge in [0.05, 0.1) is 0 Å². The highest BCUT2D eigenvalue weighted by molar-refractivity contribution is 14.1. The predicted molar refractivity (Wildman–Crippen MR) is 73.8 cm³/mol. The van der Waals surface area contributed by atoms with E-state index in [0.717, 1.165) is 0 Å². The van der Waals surface area contributed by atoms with Gasteiger partial charge in [-0.25, -0.2) is 0 Å². The fourth-order valence-electron chi connectivity index (χ4n) is 1.90. The molecule has 6 heteroatoms. The van der Waals surface area contributed by atoms with Crippen molar-refractivity contribution in [2.45, 2.75) is 0 Å². The Kier molecular flexibility index (Phi) is 3.65. The van der Waals surface area contributed by atoms with Gasteiger partial charge in [-0.3, -0.25) is 0 Å². The zero-order valence-corrected chi connectivity index (χ0v) is 11.2. The highest BCUT2D eigenvalue weighted by Gasteiger charge is 2.22. The smallest absolute Gasteiger partial charge is 0.418 e. The summed E-state index contributed by atoms with van der Waals surface area (Å²) in [5.74, 6) is 0. The minimum atomic E-state index is -6.00. The van der Waals surface area contributed by atoms with E-state index < -0.39 is 7.25 Å². The topological polar surface area (TPSA) is 0 Å². The molecular weight excluding hydrogens is 358 g/mol. The Hall–Kier alpha value is -1.05. The van der Waals surface area contributed by atoms with E-state index in [2.05, 4.69) is 65.1 Å². The first-order valence-corrected chi connectivity index (χ1v) is 6.21. The van der Waals surface area contributed by atoms with Gasteiger partial charge >= 0.3 is 7.25 Å². The standard InChI is InChI=1S/C12H7I.BF4/c13-11-7-3-6-10-8-4-1-2-5-9(8)12(10)11;2-1(3,4)5/h1-7H;/q;-1. The lowest BCUT2D eigenvalue weighted by atomic mass is 9.81. The van der Waals surface area contributed by atoms with Crippen molar-refractivity contribution in [1.82, 2.24) is 0 Å². The fourth-order valence-corrected chi connectivity index (χ4v) is 2.68. The van der Waals surface area contributed by atoms with Crippen molar-refractivity contribution in [3.63, 3.8) is 0 Å². The Bertz CT molecular complexity index is 575. The van der Waals surface area contributed by atoms with E-state index in [0.29, 0.717) is 0 Å². The third-order valence-corrected chi connectivity index (χ3v) is 3.40. The molecule has 0 spiro atoms. The van der Waals surface area contributed by atoms with E-state index in [4.69, 9.17) is 0 Å². The normalized spacial score (nSPS) is 11.6. The van der Waals surface area contributed by atoms with Crippen LogP contribution < -0.4 is 0 Å². The summed E-state index contributed by atoms with van der Waals surface area (Å²) in [6.45, 7) is 0. The van der Waals surface area contributed by atoms with Gasteiger partial charge in [0, 0.05) is 9.13 Å². The summed E-state index contributed by atoms with van der Waals surface area (Å²) in [4.78, 5) is 0. The summed E-state index contributed by atoms with van der Waals surface area (Å²) in [6, 6.07) is 15.1. The summed E-state index contributed by atoms with van der Waals surface area (Å²) in [5.41, 5.74) is 5.64. The van der Waals surface area contributed by atoms with Gasteiger partial charge in [0.1, 0.15) is 0 Å². The first-order valence-electron chi connectivity index (χ1n) is 5.13. The molecule has 1 aliphatic carbocycles. The van der Waals surface area contributed by atoms with E-state index in [-0.39, 0.29) is 0 Å².